The van der Waals surface area contributed by atoms with Gasteiger partial charge in [0.2, 0.25) is 0 Å². The molecule has 7 aliphatic rings. The topological polar surface area (TPSA) is 655 Å². The van der Waals surface area contributed by atoms with Crippen LogP contribution in [0.15, 0.2) is 0 Å². The Morgan fingerprint density at radius 2 is 0.674 bits per heavy atom. The zero-order valence-electron chi connectivity index (χ0n) is 51.6. The van der Waals surface area contributed by atoms with E-state index in [2.05, 4.69) is 0 Å². The molecule has 39 atom stereocenters. The van der Waals surface area contributed by atoms with Crippen molar-refractivity contribution in [3.05, 3.63) is 0 Å². The standard InChI is InChI=1S/C55H98O40/c1-16(2)44-40(78)46(92-51-38(76)34(72)27(65)19(9-57)85-51)33(71)25(84-44)15-83-50-37(75)36(74)29(67)24(90-50)14-82-7-5-3-4-6-17(62)26(64)45(18(63)8-56)91-53-41(79)48(31(69)21(11-59)87-53)94-55-43(81)49(32(70)23(13-61)89-55)95-54-42(80)47(30(68)22(12-60)88-54)93-52-39(77)35(73)28(66)20(10-58)86-52/h16-81H,3-15H2,1-2H3. The van der Waals surface area contributed by atoms with Crippen LogP contribution in [0, 0.1) is 5.92 Å². The molecular formula is C55H98O40. The highest BCUT2D eigenvalue weighted by Crippen LogP contribution is 2.37. The van der Waals surface area contributed by atoms with Gasteiger partial charge in [0.05, 0.1) is 65.1 Å². The number of ether oxygens (including phenoxy) is 14. The van der Waals surface area contributed by atoms with Gasteiger partial charge in [-0.05, 0) is 18.8 Å². The average Bonchev–Trinajstić information content (AvgIpc) is 0.799. The van der Waals surface area contributed by atoms with E-state index in [1.165, 1.54) is 0 Å². The van der Waals surface area contributed by atoms with Gasteiger partial charge in [-0.1, -0.05) is 26.7 Å². The van der Waals surface area contributed by atoms with Crippen LogP contribution in [0.3, 0.4) is 0 Å². The summed E-state index contributed by atoms with van der Waals surface area (Å²) in [5, 5.41) is 278. The molecule has 558 valence electrons. The van der Waals surface area contributed by atoms with Gasteiger partial charge in [0.25, 0.3) is 0 Å². The normalized spacial score (nSPS) is 47.5. The molecule has 0 aliphatic carbocycles. The summed E-state index contributed by atoms with van der Waals surface area (Å²) < 4.78 is 79.0. The highest BCUT2D eigenvalue weighted by atomic mass is 16.8. The summed E-state index contributed by atoms with van der Waals surface area (Å²) in [5.74, 6) is -0.430. The fourth-order valence-electron chi connectivity index (χ4n) is 12.1. The minimum Gasteiger partial charge on any atom is -0.394 e. The second kappa shape index (κ2) is 36.5. The first-order valence-electron chi connectivity index (χ1n) is 31.3. The Morgan fingerprint density at radius 3 is 1.09 bits per heavy atom. The molecule has 7 fully saturated rings. The van der Waals surface area contributed by atoms with Gasteiger partial charge in [0.15, 0.2) is 37.7 Å². The molecule has 0 spiro atoms. The van der Waals surface area contributed by atoms with Gasteiger partial charge in [0, 0.05) is 6.61 Å². The molecule has 0 aromatic carbocycles. The molecule has 0 aromatic rings. The molecule has 40 nitrogen and oxygen atoms in total. The Balaban J connectivity index is 0.901. The van der Waals surface area contributed by atoms with Crippen molar-refractivity contribution in [3.8, 4) is 0 Å². The smallest absolute Gasteiger partial charge is 0.187 e. The van der Waals surface area contributed by atoms with E-state index < -0.39 is 291 Å². The molecule has 0 bridgehead atoms. The van der Waals surface area contributed by atoms with E-state index in [1.807, 2.05) is 0 Å². The summed E-state index contributed by atoms with van der Waals surface area (Å²) in [5.41, 5.74) is 0. The highest BCUT2D eigenvalue weighted by molar-refractivity contribution is 5.01. The maximum Gasteiger partial charge on any atom is 0.187 e. The molecule has 95 heavy (non-hydrogen) atoms. The van der Waals surface area contributed by atoms with Crippen LogP contribution < -0.4 is 0 Å². The van der Waals surface area contributed by atoms with E-state index in [-0.39, 0.29) is 38.9 Å². The first-order valence-corrected chi connectivity index (χ1v) is 31.3. The largest absolute Gasteiger partial charge is 0.394 e. The van der Waals surface area contributed by atoms with Crippen molar-refractivity contribution in [2.45, 2.75) is 279 Å². The fraction of sp³-hybridized carbons (Fsp3) is 1.00. The third-order valence-corrected chi connectivity index (χ3v) is 18.0. The minimum absolute atomic E-state index is 0.0296. The van der Waals surface area contributed by atoms with Crippen molar-refractivity contribution >= 4 is 0 Å². The second-order valence-corrected chi connectivity index (χ2v) is 25.0. The van der Waals surface area contributed by atoms with Crippen molar-refractivity contribution in [1.29, 1.82) is 0 Å². The molecule has 7 saturated heterocycles. The van der Waals surface area contributed by atoms with Crippen LogP contribution in [0.1, 0.15) is 39.5 Å². The summed E-state index contributed by atoms with van der Waals surface area (Å²) in [6, 6.07) is 0. The average molecular weight is 1400 g/mol. The van der Waals surface area contributed by atoms with Gasteiger partial charge in [0.1, 0.15) is 189 Å². The van der Waals surface area contributed by atoms with E-state index in [9.17, 15) is 133 Å². The van der Waals surface area contributed by atoms with E-state index in [0.29, 0.717) is 0 Å². The van der Waals surface area contributed by atoms with Gasteiger partial charge in [-0.25, -0.2) is 0 Å². The Hall–Kier alpha value is -1.60. The number of aliphatic hydroxyl groups is 26. The Kier molecular flexibility index (Phi) is 31.0. The Bertz CT molecular complexity index is 2200. The number of aliphatic hydroxyl groups excluding tert-OH is 26. The highest BCUT2D eigenvalue weighted by Gasteiger charge is 2.58. The summed E-state index contributed by atoms with van der Waals surface area (Å²) in [6.07, 6.45) is -71.4. The van der Waals surface area contributed by atoms with Crippen molar-refractivity contribution in [1.82, 2.24) is 0 Å². The van der Waals surface area contributed by atoms with Gasteiger partial charge in [-0.2, -0.15) is 0 Å². The van der Waals surface area contributed by atoms with Crippen LogP contribution in [-0.2, 0) is 66.3 Å². The summed E-state index contributed by atoms with van der Waals surface area (Å²) in [6.45, 7) is -3.55. The summed E-state index contributed by atoms with van der Waals surface area (Å²) in [4.78, 5) is 0. The molecule has 26 N–H and O–H groups in total. The lowest BCUT2D eigenvalue weighted by molar-refractivity contribution is -0.392. The Morgan fingerprint density at radius 1 is 0.326 bits per heavy atom. The zero-order chi connectivity index (χ0) is 70.2. The molecule has 0 amide bonds. The quantitative estimate of drug-likeness (QED) is 0.0287. The minimum atomic E-state index is -2.27. The monoisotopic (exact) mass is 1400 g/mol. The first-order chi connectivity index (χ1) is 45.0. The van der Waals surface area contributed by atoms with Crippen LogP contribution in [-0.4, -0.2) is 431 Å². The second-order valence-electron chi connectivity index (χ2n) is 25.0. The van der Waals surface area contributed by atoms with Crippen molar-refractivity contribution < 1.29 is 199 Å². The van der Waals surface area contributed by atoms with E-state index in [0.717, 1.165) is 0 Å². The van der Waals surface area contributed by atoms with Gasteiger partial charge < -0.3 is 199 Å². The lowest BCUT2D eigenvalue weighted by Crippen LogP contribution is -2.68. The lowest BCUT2D eigenvalue weighted by Gasteiger charge is -2.49. The van der Waals surface area contributed by atoms with Gasteiger partial charge in [-0.15, -0.1) is 0 Å². The van der Waals surface area contributed by atoms with Gasteiger partial charge >= 0.3 is 0 Å². The molecule has 0 aromatic heterocycles. The first kappa shape index (κ1) is 80.7. The molecule has 39 unspecified atom stereocenters. The number of rotatable bonds is 31. The lowest BCUT2D eigenvalue weighted by atomic mass is 9.89. The number of hydrogen-bond acceptors (Lipinski definition) is 40. The van der Waals surface area contributed by atoms with Crippen LogP contribution in [0.5, 0.6) is 0 Å². The summed E-state index contributed by atoms with van der Waals surface area (Å²) in [7, 11) is 0. The number of unbranched alkanes of at least 4 members (excludes halogenated alkanes) is 2. The van der Waals surface area contributed by atoms with Crippen LogP contribution >= 0.6 is 0 Å². The molecular weight excluding hydrogens is 1300 g/mol. The zero-order valence-corrected chi connectivity index (χ0v) is 51.6. The van der Waals surface area contributed by atoms with Gasteiger partial charge in [-0.3, -0.25) is 0 Å². The predicted molar refractivity (Wildman–Crippen MR) is 298 cm³/mol. The molecule has 0 saturated carbocycles. The maximum absolute atomic E-state index is 11.6. The van der Waals surface area contributed by atoms with Crippen LogP contribution in [0.4, 0.5) is 0 Å². The maximum atomic E-state index is 11.6. The third-order valence-electron chi connectivity index (χ3n) is 18.0. The molecule has 0 radical (unpaired) electrons. The van der Waals surface area contributed by atoms with Crippen LogP contribution in [0.25, 0.3) is 0 Å². The van der Waals surface area contributed by atoms with E-state index >= 15 is 0 Å². The summed E-state index contributed by atoms with van der Waals surface area (Å²) >= 11 is 0. The van der Waals surface area contributed by atoms with Crippen molar-refractivity contribution in [2.24, 2.45) is 5.92 Å². The van der Waals surface area contributed by atoms with E-state index in [1.54, 1.807) is 13.8 Å². The van der Waals surface area contributed by atoms with E-state index in [4.69, 9.17) is 66.3 Å². The molecule has 7 heterocycles. The molecule has 40 heteroatoms. The number of hydrogen-bond donors (Lipinski definition) is 26. The van der Waals surface area contributed by atoms with Crippen LogP contribution in [0.2, 0.25) is 0 Å². The third kappa shape index (κ3) is 18.6. The Labute approximate surface area is 542 Å². The van der Waals surface area contributed by atoms with Crippen molar-refractivity contribution in [2.75, 3.05) is 59.5 Å². The fourth-order valence-corrected chi connectivity index (χ4v) is 12.1. The molecule has 7 aliphatic heterocycles. The van der Waals surface area contributed by atoms with Crippen molar-refractivity contribution in [3.63, 3.8) is 0 Å². The predicted octanol–water partition coefficient (Wildman–Crippen LogP) is -15.5. The molecule has 7 rings (SSSR count). The SMILES string of the molecule is CC(C)C1OC(COC2OC(COCCCCCC(O)C(O)C(OC3OC(CO)C(O)C(OC4OC(CO)C(O)C(OC5OC(CO)C(O)C(OC6OC(CO)C(O)C(O)C6O)C5O)C4O)C3O)C(O)CO)C(O)C(O)C2O)C(O)C(OC2OC(CO)C(O)C(O)C2O)C1O.